The molecule has 1 heterocycles. The van der Waals surface area contributed by atoms with Gasteiger partial charge >= 0.3 is 7.60 Å². The minimum Gasteiger partial charge on any atom is -0.311 e. The lowest BCUT2D eigenvalue weighted by Gasteiger charge is -2.21. The zero-order chi connectivity index (χ0) is 13.8. The Kier molecular flexibility index (Phi) is 5.01. The average Bonchev–Trinajstić information content (AvgIpc) is 2.35. The summed E-state index contributed by atoms with van der Waals surface area (Å²) in [5, 5.41) is 0. The molecule has 9 heteroatoms. The second-order valence-electron chi connectivity index (χ2n) is 3.44. The first-order valence-electron chi connectivity index (χ1n) is 4.90. The molecule has 1 rings (SSSR count). The van der Waals surface area contributed by atoms with E-state index >= 15 is 0 Å². The highest BCUT2D eigenvalue weighted by Gasteiger charge is 2.43. The molecule has 1 aromatic rings. The zero-order valence-electron chi connectivity index (χ0n) is 9.88. The highest BCUT2D eigenvalue weighted by molar-refractivity contribution is 7.94. The van der Waals surface area contributed by atoms with Crippen molar-refractivity contribution in [2.45, 2.75) is 11.4 Å². The van der Waals surface area contributed by atoms with E-state index in [1.165, 1.54) is 12.4 Å². The Morgan fingerprint density at radius 2 is 2.06 bits per heavy atom. The van der Waals surface area contributed by atoms with E-state index in [0.29, 0.717) is 5.56 Å². The van der Waals surface area contributed by atoms with E-state index in [4.69, 9.17) is 4.55 Å². The summed E-state index contributed by atoms with van der Waals surface area (Å²) < 4.78 is 53.1. The number of hydrogen-bond donors (Lipinski definition) is 1. The van der Waals surface area contributed by atoms with Gasteiger partial charge in [-0.3, -0.25) is 14.1 Å². The summed E-state index contributed by atoms with van der Waals surface area (Å²) in [6, 6.07) is 3.20. The Bertz CT molecular complexity index is 523. The van der Waals surface area contributed by atoms with Gasteiger partial charge in [0.1, 0.15) is 0 Å². The molecule has 1 unspecified atom stereocenters. The van der Waals surface area contributed by atoms with Crippen LogP contribution in [0.3, 0.4) is 0 Å². The van der Waals surface area contributed by atoms with Crippen molar-refractivity contribution < 1.29 is 26.6 Å². The van der Waals surface area contributed by atoms with E-state index in [9.17, 15) is 13.0 Å². The van der Waals surface area contributed by atoms with Gasteiger partial charge in [0.15, 0.2) is 4.99 Å². The molecule has 0 spiro atoms. The van der Waals surface area contributed by atoms with Crippen molar-refractivity contribution in [3.05, 3.63) is 30.1 Å². The number of aromatic nitrogens is 1. The average molecular weight is 295 g/mol. The van der Waals surface area contributed by atoms with Gasteiger partial charge in [0.05, 0.1) is 0 Å². The van der Waals surface area contributed by atoms with Gasteiger partial charge < -0.3 is 9.05 Å². The number of nitrogens with zero attached hydrogens (tertiary/aromatic N) is 1. The quantitative estimate of drug-likeness (QED) is 0.623. The number of hydrogen-bond acceptors (Lipinski definition) is 6. The molecule has 0 aliphatic heterocycles. The van der Waals surface area contributed by atoms with Crippen molar-refractivity contribution in [3.63, 3.8) is 0 Å². The molecule has 0 aliphatic rings. The predicted molar refractivity (Wildman–Crippen MR) is 64.9 cm³/mol. The first-order chi connectivity index (χ1) is 8.33. The first-order valence-corrected chi connectivity index (χ1v) is 8.01. The molecule has 0 aliphatic carbocycles. The van der Waals surface area contributed by atoms with Crippen LogP contribution in [-0.2, 0) is 30.2 Å². The summed E-state index contributed by atoms with van der Waals surface area (Å²) in [4.78, 5) is 2.13. The van der Waals surface area contributed by atoms with Crippen LogP contribution in [0, 0.1) is 0 Å². The van der Waals surface area contributed by atoms with Crippen molar-refractivity contribution >= 4 is 17.7 Å². The van der Waals surface area contributed by atoms with Crippen molar-refractivity contribution in [2.24, 2.45) is 0 Å². The molecule has 1 N–H and O–H groups in total. The second-order valence-corrected chi connectivity index (χ2v) is 7.82. The van der Waals surface area contributed by atoms with Crippen molar-refractivity contribution in [3.8, 4) is 0 Å². The van der Waals surface area contributed by atoms with E-state index in [2.05, 4.69) is 14.0 Å². The molecule has 0 fully saturated rings. The molecule has 18 heavy (non-hydrogen) atoms. The van der Waals surface area contributed by atoms with E-state index in [1.54, 1.807) is 12.1 Å². The Morgan fingerprint density at radius 1 is 1.44 bits per heavy atom. The fourth-order valence-corrected chi connectivity index (χ4v) is 4.69. The third-order valence-corrected chi connectivity index (χ3v) is 6.67. The van der Waals surface area contributed by atoms with Gasteiger partial charge in [0.25, 0.3) is 10.1 Å². The fraction of sp³-hybridized carbons (Fsp3) is 0.444. The summed E-state index contributed by atoms with van der Waals surface area (Å²) in [7, 11) is -6.41. The Labute approximate surface area is 105 Å². The summed E-state index contributed by atoms with van der Waals surface area (Å²) in [5.41, 5.74) is 0.495. The largest absolute Gasteiger partial charge is 0.351 e. The second kappa shape index (κ2) is 5.90. The molecular weight excluding hydrogens is 281 g/mol. The van der Waals surface area contributed by atoms with E-state index < -0.39 is 22.7 Å². The van der Waals surface area contributed by atoms with Gasteiger partial charge in [0, 0.05) is 33.0 Å². The molecule has 0 bridgehead atoms. The van der Waals surface area contributed by atoms with Crippen LogP contribution in [0.2, 0.25) is 0 Å². The van der Waals surface area contributed by atoms with E-state index in [1.807, 2.05) is 0 Å². The predicted octanol–water partition coefficient (Wildman–Crippen LogP) is 1.32. The van der Waals surface area contributed by atoms with Crippen molar-refractivity contribution in [2.75, 3.05) is 14.2 Å². The molecule has 1 atom stereocenters. The molecular formula is C9H14NO6PS. The van der Waals surface area contributed by atoms with Crippen molar-refractivity contribution in [1.82, 2.24) is 4.98 Å². The summed E-state index contributed by atoms with van der Waals surface area (Å²) in [5.74, 6) is 0. The highest BCUT2D eigenvalue weighted by Crippen LogP contribution is 2.54. The lowest BCUT2D eigenvalue weighted by molar-refractivity contribution is 0.270. The maximum Gasteiger partial charge on any atom is 0.351 e. The third-order valence-electron chi connectivity index (χ3n) is 2.34. The molecule has 0 saturated carbocycles. The minimum atomic E-state index is -4.59. The van der Waals surface area contributed by atoms with Crippen LogP contribution in [0.1, 0.15) is 5.56 Å². The fourth-order valence-electron chi connectivity index (χ4n) is 1.41. The Hall–Kier alpha value is -0.790. The van der Waals surface area contributed by atoms with Crippen LogP contribution in [0.5, 0.6) is 0 Å². The minimum absolute atomic E-state index is 0.217. The molecule has 0 radical (unpaired) electrons. The summed E-state index contributed by atoms with van der Waals surface area (Å²) >= 11 is 0. The maximum absolute atomic E-state index is 12.1. The zero-order valence-corrected chi connectivity index (χ0v) is 11.6. The molecule has 0 aromatic carbocycles. The lowest BCUT2D eigenvalue weighted by atomic mass is 10.2. The van der Waals surface area contributed by atoms with Crippen LogP contribution < -0.4 is 0 Å². The summed E-state index contributed by atoms with van der Waals surface area (Å²) in [6.45, 7) is 0. The van der Waals surface area contributed by atoms with Crippen LogP contribution in [0.15, 0.2) is 24.5 Å². The van der Waals surface area contributed by atoms with E-state index in [0.717, 1.165) is 14.2 Å². The number of rotatable bonds is 6. The third kappa shape index (κ3) is 3.60. The molecule has 0 amide bonds. The topological polar surface area (TPSA) is 103 Å². The van der Waals surface area contributed by atoms with Crippen LogP contribution in [0.25, 0.3) is 0 Å². The Morgan fingerprint density at radius 3 is 2.44 bits per heavy atom. The molecule has 7 nitrogen and oxygen atoms in total. The van der Waals surface area contributed by atoms with Crippen LogP contribution in [-0.4, -0.2) is 37.2 Å². The first kappa shape index (κ1) is 15.3. The highest BCUT2D eigenvalue weighted by atomic mass is 32.2. The molecule has 102 valence electrons. The smallest absolute Gasteiger partial charge is 0.311 e. The maximum atomic E-state index is 12.1. The normalized spacial score (nSPS) is 14.4. The summed E-state index contributed by atoms with van der Waals surface area (Å²) in [6.07, 6.45) is 2.71. The van der Waals surface area contributed by atoms with Gasteiger partial charge in [0.2, 0.25) is 0 Å². The van der Waals surface area contributed by atoms with Gasteiger partial charge in [-0.05, 0) is 11.6 Å². The Balaban J connectivity index is 3.13. The number of pyridine rings is 1. The van der Waals surface area contributed by atoms with Crippen molar-refractivity contribution in [1.29, 1.82) is 0 Å². The van der Waals surface area contributed by atoms with E-state index in [-0.39, 0.29) is 6.42 Å². The molecule has 0 saturated heterocycles. The standard InChI is InChI=1S/C9H14NO6PS/c1-15-17(11,16-2)9(18(12,13)14)6-8-4-3-5-10-7-8/h3-5,7,9H,6H2,1-2H3,(H,12,13,14). The van der Waals surface area contributed by atoms with Crippen LogP contribution >= 0.6 is 7.60 Å². The van der Waals surface area contributed by atoms with Gasteiger partial charge in [-0.25, -0.2) is 0 Å². The van der Waals surface area contributed by atoms with Gasteiger partial charge in [-0.2, -0.15) is 8.42 Å². The lowest BCUT2D eigenvalue weighted by Crippen LogP contribution is -2.24. The van der Waals surface area contributed by atoms with Gasteiger partial charge in [-0.1, -0.05) is 6.07 Å². The van der Waals surface area contributed by atoms with Gasteiger partial charge in [-0.15, -0.1) is 0 Å². The van der Waals surface area contributed by atoms with Crippen LogP contribution in [0.4, 0.5) is 0 Å². The monoisotopic (exact) mass is 295 g/mol. The SMILES string of the molecule is COP(=O)(OC)C(Cc1cccnc1)S(=O)(=O)O. The molecule has 1 aromatic heterocycles.